The normalized spacial score (nSPS) is 13.5. The predicted molar refractivity (Wildman–Crippen MR) is 97.5 cm³/mol. The molecule has 23 heavy (non-hydrogen) atoms. The molecule has 0 heterocycles. The molecule has 0 amide bonds. The summed E-state index contributed by atoms with van der Waals surface area (Å²) in [5.74, 6) is -0.923. The summed E-state index contributed by atoms with van der Waals surface area (Å²) >= 11 is 0. The summed E-state index contributed by atoms with van der Waals surface area (Å²) in [5.41, 5.74) is 0. The Balaban J connectivity index is 3.34. The Morgan fingerprint density at radius 1 is 0.870 bits per heavy atom. The first kappa shape index (κ1) is 21.6. The molecule has 0 fully saturated rings. The molecule has 2 N–H and O–H groups in total. The SMILES string of the molecule is CCCC=CCC=CC/C=C\CCCCCCC(O)CC(=O)O. The summed E-state index contributed by atoms with van der Waals surface area (Å²) in [7, 11) is 0. The maximum absolute atomic E-state index is 10.4. The molecule has 132 valence electrons. The molecule has 0 aliphatic carbocycles. The van der Waals surface area contributed by atoms with Crippen LogP contribution in [-0.4, -0.2) is 22.3 Å². The molecule has 0 bridgehead atoms. The van der Waals surface area contributed by atoms with Crippen LogP contribution >= 0.6 is 0 Å². The zero-order chi connectivity index (χ0) is 17.2. The van der Waals surface area contributed by atoms with Crippen molar-refractivity contribution in [3.8, 4) is 0 Å². The average Bonchev–Trinajstić information content (AvgIpc) is 2.50. The molecule has 0 spiro atoms. The number of unbranched alkanes of at least 4 members (excludes halogenated alkanes) is 5. The van der Waals surface area contributed by atoms with Crippen molar-refractivity contribution in [2.45, 2.75) is 83.7 Å². The molecule has 0 aromatic rings. The highest BCUT2D eigenvalue weighted by Crippen LogP contribution is 2.09. The van der Waals surface area contributed by atoms with Crippen molar-refractivity contribution in [1.29, 1.82) is 0 Å². The maximum atomic E-state index is 10.4. The lowest BCUT2D eigenvalue weighted by Crippen LogP contribution is -2.12. The minimum Gasteiger partial charge on any atom is -0.481 e. The second-order valence-electron chi connectivity index (χ2n) is 5.92. The summed E-state index contributed by atoms with van der Waals surface area (Å²) in [6.07, 6.45) is 22.9. The van der Waals surface area contributed by atoms with E-state index < -0.39 is 12.1 Å². The Morgan fingerprint density at radius 3 is 2.04 bits per heavy atom. The summed E-state index contributed by atoms with van der Waals surface area (Å²) in [4.78, 5) is 10.4. The minimum absolute atomic E-state index is 0.134. The Bertz CT molecular complexity index is 356. The second kappa shape index (κ2) is 17.0. The number of allylic oxidation sites excluding steroid dienone is 6. The van der Waals surface area contributed by atoms with Crippen LogP contribution in [0.4, 0.5) is 0 Å². The van der Waals surface area contributed by atoms with Crippen molar-refractivity contribution < 1.29 is 15.0 Å². The molecular formula is C20H34O3. The third-order valence-electron chi connectivity index (χ3n) is 3.57. The van der Waals surface area contributed by atoms with Crippen molar-refractivity contribution in [3.05, 3.63) is 36.5 Å². The largest absolute Gasteiger partial charge is 0.481 e. The highest BCUT2D eigenvalue weighted by atomic mass is 16.4. The van der Waals surface area contributed by atoms with Crippen LogP contribution < -0.4 is 0 Å². The van der Waals surface area contributed by atoms with E-state index in [0.29, 0.717) is 6.42 Å². The second-order valence-corrected chi connectivity index (χ2v) is 5.92. The van der Waals surface area contributed by atoms with Gasteiger partial charge in [0, 0.05) is 0 Å². The van der Waals surface area contributed by atoms with Gasteiger partial charge in [-0.1, -0.05) is 69.1 Å². The van der Waals surface area contributed by atoms with Crippen LogP contribution in [0.3, 0.4) is 0 Å². The molecular weight excluding hydrogens is 288 g/mol. The zero-order valence-corrected chi connectivity index (χ0v) is 14.6. The van der Waals surface area contributed by atoms with Crippen LogP contribution in [0.1, 0.15) is 77.6 Å². The van der Waals surface area contributed by atoms with Crippen molar-refractivity contribution >= 4 is 5.97 Å². The fraction of sp³-hybridized carbons (Fsp3) is 0.650. The Hall–Kier alpha value is -1.35. The summed E-state index contributed by atoms with van der Waals surface area (Å²) < 4.78 is 0. The summed E-state index contributed by atoms with van der Waals surface area (Å²) in [5, 5.41) is 18.0. The van der Waals surface area contributed by atoms with Crippen molar-refractivity contribution in [2.75, 3.05) is 0 Å². The lowest BCUT2D eigenvalue weighted by atomic mass is 10.1. The van der Waals surface area contributed by atoms with Crippen LogP contribution in [0.15, 0.2) is 36.5 Å². The van der Waals surface area contributed by atoms with Gasteiger partial charge < -0.3 is 10.2 Å². The molecule has 0 aromatic heterocycles. The maximum Gasteiger partial charge on any atom is 0.305 e. The molecule has 0 rings (SSSR count). The first-order valence-electron chi connectivity index (χ1n) is 9.01. The Morgan fingerprint density at radius 2 is 1.43 bits per heavy atom. The molecule has 0 aromatic carbocycles. The quantitative estimate of drug-likeness (QED) is 0.313. The van der Waals surface area contributed by atoms with Gasteiger partial charge in [-0.05, 0) is 38.5 Å². The van der Waals surface area contributed by atoms with E-state index in [1.54, 1.807) is 0 Å². The first-order valence-corrected chi connectivity index (χ1v) is 9.01. The summed E-state index contributed by atoms with van der Waals surface area (Å²) in [6, 6.07) is 0. The Labute approximate surface area is 141 Å². The molecule has 0 aliphatic heterocycles. The molecule has 3 heteroatoms. The van der Waals surface area contributed by atoms with E-state index in [4.69, 9.17) is 5.11 Å². The van der Waals surface area contributed by atoms with E-state index in [2.05, 4.69) is 43.4 Å². The lowest BCUT2D eigenvalue weighted by Gasteiger charge is -2.06. The van der Waals surface area contributed by atoms with E-state index >= 15 is 0 Å². The van der Waals surface area contributed by atoms with Gasteiger partial charge in [0.25, 0.3) is 0 Å². The van der Waals surface area contributed by atoms with Crippen molar-refractivity contribution in [2.24, 2.45) is 0 Å². The lowest BCUT2D eigenvalue weighted by molar-refractivity contribution is -0.139. The van der Waals surface area contributed by atoms with Crippen LogP contribution in [0.2, 0.25) is 0 Å². The number of aliphatic carboxylic acids is 1. The number of carboxylic acids is 1. The standard InChI is InChI=1S/C20H34O3/c1-2-3-4-5-6-7-8-9-10-11-12-13-14-15-16-17-19(21)18-20(22)23/h4-5,7-8,10-11,19,21H,2-3,6,9,12-18H2,1H3,(H,22,23)/b5-4?,8-7?,11-10-. The third kappa shape index (κ3) is 18.6. The Kier molecular flexibility index (Phi) is 16.0. The number of rotatable bonds is 15. The molecule has 0 saturated carbocycles. The monoisotopic (exact) mass is 322 g/mol. The van der Waals surface area contributed by atoms with Crippen LogP contribution in [0.5, 0.6) is 0 Å². The molecule has 1 unspecified atom stereocenters. The van der Waals surface area contributed by atoms with Crippen LogP contribution in [-0.2, 0) is 4.79 Å². The van der Waals surface area contributed by atoms with Gasteiger partial charge in [-0.2, -0.15) is 0 Å². The highest BCUT2D eigenvalue weighted by Gasteiger charge is 2.08. The zero-order valence-electron chi connectivity index (χ0n) is 14.6. The number of aliphatic hydroxyl groups excluding tert-OH is 1. The fourth-order valence-electron chi connectivity index (χ4n) is 2.24. The van der Waals surface area contributed by atoms with Gasteiger partial charge in [0.2, 0.25) is 0 Å². The molecule has 3 nitrogen and oxygen atoms in total. The van der Waals surface area contributed by atoms with Gasteiger partial charge in [0.15, 0.2) is 0 Å². The van der Waals surface area contributed by atoms with Crippen molar-refractivity contribution in [1.82, 2.24) is 0 Å². The number of hydrogen-bond donors (Lipinski definition) is 2. The average molecular weight is 322 g/mol. The third-order valence-corrected chi connectivity index (χ3v) is 3.57. The summed E-state index contributed by atoms with van der Waals surface area (Å²) in [6.45, 7) is 2.19. The van der Waals surface area contributed by atoms with E-state index in [-0.39, 0.29) is 6.42 Å². The van der Waals surface area contributed by atoms with E-state index in [9.17, 15) is 9.90 Å². The van der Waals surface area contributed by atoms with E-state index in [1.165, 1.54) is 12.8 Å². The highest BCUT2D eigenvalue weighted by molar-refractivity contribution is 5.67. The predicted octanol–water partition coefficient (Wildman–Crippen LogP) is 5.41. The van der Waals surface area contributed by atoms with Gasteiger partial charge in [0.1, 0.15) is 0 Å². The topological polar surface area (TPSA) is 57.5 Å². The fourth-order valence-corrected chi connectivity index (χ4v) is 2.24. The van der Waals surface area contributed by atoms with E-state index in [0.717, 1.165) is 44.9 Å². The van der Waals surface area contributed by atoms with Crippen molar-refractivity contribution in [3.63, 3.8) is 0 Å². The molecule has 0 aliphatic rings. The molecule has 0 saturated heterocycles. The first-order chi connectivity index (χ1) is 11.2. The van der Waals surface area contributed by atoms with E-state index in [1.807, 2.05) is 0 Å². The van der Waals surface area contributed by atoms with Gasteiger partial charge >= 0.3 is 5.97 Å². The number of hydrogen-bond acceptors (Lipinski definition) is 2. The number of carboxylic acid groups (broad SMARTS) is 1. The number of aliphatic hydroxyl groups is 1. The molecule has 0 radical (unpaired) electrons. The van der Waals surface area contributed by atoms with Crippen LogP contribution in [0, 0.1) is 0 Å². The van der Waals surface area contributed by atoms with Gasteiger partial charge in [-0.15, -0.1) is 0 Å². The van der Waals surface area contributed by atoms with Crippen LogP contribution in [0.25, 0.3) is 0 Å². The number of carbonyl (C=O) groups is 1. The van der Waals surface area contributed by atoms with Gasteiger partial charge in [-0.3, -0.25) is 4.79 Å². The van der Waals surface area contributed by atoms with Gasteiger partial charge in [0.05, 0.1) is 12.5 Å². The molecule has 1 atom stereocenters. The minimum atomic E-state index is -0.923. The smallest absolute Gasteiger partial charge is 0.305 e. The van der Waals surface area contributed by atoms with Gasteiger partial charge in [-0.25, -0.2) is 0 Å².